The third-order valence-electron chi connectivity index (χ3n) is 5.42. The molecule has 0 aliphatic heterocycles. The van der Waals surface area contributed by atoms with E-state index in [1.54, 1.807) is 12.1 Å². The van der Waals surface area contributed by atoms with Crippen LogP contribution in [0.25, 0.3) is 0 Å². The van der Waals surface area contributed by atoms with Crippen LogP contribution in [-0.4, -0.2) is 21.5 Å². The van der Waals surface area contributed by atoms with E-state index in [9.17, 15) is 14.4 Å². The minimum absolute atomic E-state index is 0.103. The molecule has 0 aliphatic rings. The second-order valence-corrected chi connectivity index (χ2v) is 8.49. The van der Waals surface area contributed by atoms with E-state index in [0.29, 0.717) is 5.02 Å². The Morgan fingerprint density at radius 1 is 1.06 bits per heavy atom. The summed E-state index contributed by atoms with van der Waals surface area (Å²) in [5.41, 5.74) is 6.54. The lowest BCUT2D eigenvalue weighted by Crippen LogP contribution is -2.44. The van der Waals surface area contributed by atoms with Gasteiger partial charge in [-0.1, -0.05) is 67.9 Å². The van der Waals surface area contributed by atoms with Gasteiger partial charge in [0.2, 0.25) is 0 Å². The molecular formula is C24H27ClN4O3. The largest absolute Gasteiger partial charge is 0.384 e. The minimum Gasteiger partial charge on any atom is -0.384 e. The summed E-state index contributed by atoms with van der Waals surface area (Å²) >= 11 is 5.99. The van der Waals surface area contributed by atoms with Crippen LogP contribution in [0.1, 0.15) is 41.4 Å². The molecule has 0 radical (unpaired) electrons. The van der Waals surface area contributed by atoms with Crippen LogP contribution in [0.3, 0.4) is 0 Å². The standard InChI is InChI=1S/C24H27ClN4O3/c1-15(2)21(17-9-11-18(25)12-10-17)27-13-19(30)20-22(26)29(24(32)28(3)23(20)31)14-16-7-5-4-6-8-16/h4-12,15,21,27H,13-14,26H2,1-3H3. The van der Waals surface area contributed by atoms with Gasteiger partial charge in [-0.2, -0.15) is 0 Å². The fourth-order valence-electron chi connectivity index (χ4n) is 3.66. The first kappa shape index (κ1) is 23.5. The number of nitrogens with one attached hydrogen (secondary N) is 1. The third-order valence-corrected chi connectivity index (χ3v) is 5.68. The Balaban J connectivity index is 1.91. The molecule has 0 spiro atoms. The number of hydrogen-bond donors (Lipinski definition) is 2. The van der Waals surface area contributed by atoms with E-state index >= 15 is 0 Å². The van der Waals surface area contributed by atoms with Gasteiger partial charge < -0.3 is 11.1 Å². The molecule has 3 N–H and O–H groups in total. The molecular weight excluding hydrogens is 428 g/mol. The summed E-state index contributed by atoms with van der Waals surface area (Å²) in [7, 11) is 1.35. The molecule has 0 saturated heterocycles. The van der Waals surface area contributed by atoms with Crippen molar-refractivity contribution in [2.24, 2.45) is 13.0 Å². The van der Waals surface area contributed by atoms with E-state index in [4.69, 9.17) is 17.3 Å². The number of carbonyl (C=O) groups is 1. The first-order valence-corrected chi connectivity index (χ1v) is 10.7. The van der Waals surface area contributed by atoms with Crippen molar-refractivity contribution in [3.05, 3.63) is 97.1 Å². The zero-order valence-electron chi connectivity index (χ0n) is 18.3. The van der Waals surface area contributed by atoms with Gasteiger partial charge in [-0.3, -0.25) is 18.7 Å². The van der Waals surface area contributed by atoms with Crippen LogP contribution < -0.4 is 22.3 Å². The average molecular weight is 455 g/mol. The van der Waals surface area contributed by atoms with E-state index in [2.05, 4.69) is 5.32 Å². The normalized spacial score (nSPS) is 12.2. The smallest absolute Gasteiger partial charge is 0.332 e. The second-order valence-electron chi connectivity index (χ2n) is 8.06. The molecule has 7 nitrogen and oxygen atoms in total. The Morgan fingerprint density at radius 2 is 1.69 bits per heavy atom. The highest BCUT2D eigenvalue weighted by molar-refractivity contribution is 6.30. The van der Waals surface area contributed by atoms with Crippen molar-refractivity contribution >= 4 is 23.2 Å². The summed E-state index contributed by atoms with van der Waals surface area (Å²) in [5.74, 6) is -0.415. The second kappa shape index (κ2) is 9.97. The predicted molar refractivity (Wildman–Crippen MR) is 127 cm³/mol. The molecule has 168 valence electrons. The molecule has 1 unspecified atom stereocenters. The van der Waals surface area contributed by atoms with Crippen LogP contribution in [0.5, 0.6) is 0 Å². The van der Waals surface area contributed by atoms with Crippen LogP contribution in [0, 0.1) is 5.92 Å². The van der Waals surface area contributed by atoms with Crippen molar-refractivity contribution in [3.8, 4) is 0 Å². The maximum atomic E-state index is 13.1. The van der Waals surface area contributed by atoms with Crippen LogP contribution in [0.15, 0.2) is 64.2 Å². The Morgan fingerprint density at radius 3 is 2.28 bits per heavy atom. The van der Waals surface area contributed by atoms with E-state index in [0.717, 1.165) is 15.7 Å². The number of Topliss-reactive ketones (excluding diaryl/α,β-unsaturated/α-hetero) is 1. The average Bonchev–Trinajstić information content (AvgIpc) is 2.77. The third kappa shape index (κ3) is 5.00. The number of aromatic nitrogens is 2. The van der Waals surface area contributed by atoms with E-state index in [1.807, 2.05) is 56.3 Å². The Labute approximate surface area is 191 Å². The van der Waals surface area contributed by atoms with Gasteiger partial charge in [0.15, 0.2) is 5.78 Å². The number of halogens is 1. The van der Waals surface area contributed by atoms with Crippen LogP contribution in [-0.2, 0) is 13.6 Å². The fourth-order valence-corrected chi connectivity index (χ4v) is 3.79. The number of benzene rings is 2. The van der Waals surface area contributed by atoms with Crippen molar-refractivity contribution in [1.82, 2.24) is 14.5 Å². The highest BCUT2D eigenvalue weighted by Gasteiger charge is 2.23. The van der Waals surface area contributed by atoms with Crippen molar-refractivity contribution in [3.63, 3.8) is 0 Å². The van der Waals surface area contributed by atoms with Crippen LogP contribution >= 0.6 is 11.6 Å². The van der Waals surface area contributed by atoms with Gasteiger partial charge in [0.1, 0.15) is 11.4 Å². The molecule has 0 bridgehead atoms. The summed E-state index contributed by atoms with van der Waals surface area (Å²) in [4.78, 5) is 38.5. The summed E-state index contributed by atoms with van der Waals surface area (Å²) < 4.78 is 2.18. The molecule has 3 rings (SSSR count). The first-order chi connectivity index (χ1) is 15.2. The molecule has 32 heavy (non-hydrogen) atoms. The highest BCUT2D eigenvalue weighted by Crippen LogP contribution is 2.23. The van der Waals surface area contributed by atoms with E-state index in [1.165, 1.54) is 11.6 Å². The van der Waals surface area contributed by atoms with Gasteiger partial charge in [0.05, 0.1) is 13.1 Å². The molecule has 0 fully saturated rings. The highest BCUT2D eigenvalue weighted by atomic mass is 35.5. The SMILES string of the molecule is CC(C)C(NCC(=O)c1c(N)n(Cc2ccccc2)c(=O)n(C)c1=O)c1ccc(Cl)cc1. The molecule has 3 aromatic rings. The van der Waals surface area contributed by atoms with Gasteiger partial charge in [0, 0.05) is 18.1 Å². The van der Waals surface area contributed by atoms with E-state index < -0.39 is 17.0 Å². The van der Waals surface area contributed by atoms with Gasteiger partial charge >= 0.3 is 5.69 Å². The van der Waals surface area contributed by atoms with Crippen molar-refractivity contribution < 1.29 is 4.79 Å². The summed E-state index contributed by atoms with van der Waals surface area (Å²) in [6.45, 7) is 4.12. The van der Waals surface area contributed by atoms with Crippen LogP contribution in [0.4, 0.5) is 5.82 Å². The van der Waals surface area contributed by atoms with Gasteiger partial charge in [-0.15, -0.1) is 0 Å². The lowest BCUT2D eigenvalue weighted by molar-refractivity contribution is 0.0982. The topological polar surface area (TPSA) is 99.1 Å². The molecule has 2 aromatic carbocycles. The van der Waals surface area contributed by atoms with Gasteiger partial charge in [0.25, 0.3) is 5.56 Å². The fraction of sp³-hybridized carbons (Fsp3) is 0.292. The molecule has 1 heterocycles. The number of nitrogens with zero attached hydrogens (tertiary/aromatic N) is 2. The number of carbonyl (C=O) groups excluding carboxylic acids is 1. The monoisotopic (exact) mass is 454 g/mol. The predicted octanol–water partition coefficient (Wildman–Crippen LogP) is 3.00. The Kier molecular flexibility index (Phi) is 7.33. The summed E-state index contributed by atoms with van der Waals surface area (Å²) in [6, 6.07) is 16.5. The zero-order valence-corrected chi connectivity index (χ0v) is 19.1. The molecule has 1 aromatic heterocycles. The number of ketones is 1. The summed E-state index contributed by atoms with van der Waals surface area (Å²) in [6.07, 6.45) is 0. The number of nitrogen functional groups attached to an aromatic ring is 1. The molecule has 0 saturated carbocycles. The number of hydrogen-bond acceptors (Lipinski definition) is 5. The Hall–Kier alpha value is -3.16. The van der Waals surface area contributed by atoms with Gasteiger partial charge in [-0.25, -0.2) is 4.79 Å². The number of rotatable bonds is 8. The number of anilines is 1. The molecule has 1 atom stereocenters. The van der Waals surface area contributed by atoms with Crippen molar-refractivity contribution in [2.75, 3.05) is 12.3 Å². The molecule has 8 heteroatoms. The zero-order chi connectivity index (χ0) is 23.4. The first-order valence-electron chi connectivity index (χ1n) is 10.4. The lowest BCUT2D eigenvalue weighted by atomic mass is 9.96. The minimum atomic E-state index is -0.698. The van der Waals surface area contributed by atoms with Crippen molar-refractivity contribution in [1.29, 1.82) is 0 Å². The van der Waals surface area contributed by atoms with Crippen LogP contribution in [0.2, 0.25) is 5.02 Å². The molecule has 0 aliphatic carbocycles. The lowest BCUT2D eigenvalue weighted by Gasteiger charge is -2.23. The molecule has 0 amide bonds. The van der Waals surface area contributed by atoms with Gasteiger partial charge in [-0.05, 0) is 29.2 Å². The Bertz CT molecular complexity index is 1210. The van der Waals surface area contributed by atoms with Crippen molar-refractivity contribution in [2.45, 2.75) is 26.4 Å². The van der Waals surface area contributed by atoms with E-state index in [-0.39, 0.29) is 36.4 Å². The number of nitrogens with two attached hydrogens (primary N) is 1. The summed E-state index contributed by atoms with van der Waals surface area (Å²) in [5, 5.41) is 3.86. The maximum absolute atomic E-state index is 13.1. The quantitative estimate of drug-likeness (QED) is 0.510. The maximum Gasteiger partial charge on any atom is 0.332 e.